The van der Waals surface area contributed by atoms with Crippen LogP contribution < -0.4 is 5.46 Å². The molecule has 1 aromatic carbocycles. The lowest BCUT2D eigenvalue weighted by atomic mass is 9.92. The minimum absolute atomic E-state index is 0.693. The summed E-state index contributed by atoms with van der Waals surface area (Å²) in [7, 11) is 5.54. The van der Waals surface area contributed by atoms with E-state index in [4.69, 9.17) is 19.4 Å². The van der Waals surface area contributed by atoms with Crippen molar-refractivity contribution in [3.05, 3.63) is 28.8 Å². The van der Waals surface area contributed by atoms with Gasteiger partial charge in [0, 0.05) is 5.02 Å². The molecule has 0 aliphatic heterocycles. The van der Waals surface area contributed by atoms with Gasteiger partial charge in [-0.05, 0) is 13.0 Å². The van der Waals surface area contributed by atoms with E-state index in [0.717, 1.165) is 11.0 Å². The third-order valence-electron chi connectivity index (χ3n) is 1.24. The van der Waals surface area contributed by atoms with E-state index in [1.54, 1.807) is 6.07 Å². The van der Waals surface area contributed by atoms with Gasteiger partial charge in [-0.15, -0.1) is 0 Å². The van der Waals surface area contributed by atoms with Crippen LogP contribution in [0.4, 0.5) is 0 Å². The molecule has 0 aromatic heterocycles. The molecule has 0 aliphatic rings. The zero-order valence-corrected chi connectivity index (χ0v) is 5.94. The average Bonchev–Trinajstić information content (AvgIpc) is 1.80. The Labute approximate surface area is 61.3 Å². The number of benzene rings is 1. The van der Waals surface area contributed by atoms with E-state index in [-0.39, 0.29) is 0 Å². The first-order chi connectivity index (χ1) is 4.20. The Morgan fingerprint density at radius 2 is 2.11 bits per heavy atom. The second kappa shape index (κ2) is 2.44. The van der Waals surface area contributed by atoms with Crippen molar-refractivity contribution < 1.29 is 0 Å². The summed E-state index contributed by atoms with van der Waals surface area (Å²) < 4.78 is 0. The highest BCUT2D eigenvalue weighted by atomic mass is 35.5. The van der Waals surface area contributed by atoms with E-state index in [1.807, 2.05) is 19.1 Å². The summed E-state index contributed by atoms with van der Waals surface area (Å²) in [6.45, 7) is 1.95. The molecule has 0 aliphatic carbocycles. The molecule has 0 saturated carbocycles. The van der Waals surface area contributed by atoms with Gasteiger partial charge in [0.1, 0.15) is 7.85 Å². The average molecular weight is 136 g/mol. The van der Waals surface area contributed by atoms with Gasteiger partial charge in [0.25, 0.3) is 0 Å². The summed E-state index contributed by atoms with van der Waals surface area (Å²) >= 11 is 5.64. The van der Waals surface area contributed by atoms with Crippen LogP contribution in [0.1, 0.15) is 5.56 Å². The van der Waals surface area contributed by atoms with E-state index in [9.17, 15) is 0 Å². The highest BCUT2D eigenvalue weighted by molar-refractivity contribution is 6.36. The largest absolute Gasteiger partial charge is 0.114 e. The van der Waals surface area contributed by atoms with Gasteiger partial charge in [0.2, 0.25) is 0 Å². The molecule has 0 atom stereocenters. The van der Waals surface area contributed by atoms with Crippen LogP contribution in [0.15, 0.2) is 18.2 Å². The highest BCUT2D eigenvalue weighted by Gasteiger charge is 1.90. The lowest BCUT2D eigenvalue weighted by Gasteiger charge is -1.97. The predicted molar refractivity (Wildman–Crippen MR) is 41.6 cm³/mol. The van der Waals surface area contributed by atoms with Gasteiger partial charge < -0.3 is 0 Å². The van der Waals surface area contributed by atoms with Gasteiger partial charge in [-0.3, -0.25) is 0 Å². The van der Waals surface area contributed by atoms with Crippen LogP contribution in [0.5, 0.6) is 0 Å². The first-order valence-electron chi connectivity index (χ1n) is 2.72. The Balaban J connectivity index is 3.17. The Morgan fingerprint density at radius 3 is 2.56 bits per heavy atom. The normalized spacial score (nSPS) is 9.56. The zero-order chi connectivity index (χ0) is 6.85. The first kappa shape index (κ1) is 6.69. The molecule has 1 rings (SSSR count). The minimum atomic E-state index is 0.693. The van der Waals surface area contributed by atoms with Crippen molar-refractivity contribution in [2.24, 2.45) is 0 Å². The SMILES string of the molecule is [B]c1cc(Cl)ccc1C. The summed E-state index contributed by atoms with van der Waals surface area (Å²) in [5.41, 5.74) is 1.82. The number of halogens is 1. The zero-order valence-electron chi connectivity index (χ0n) is 5.19. The summed E-state index contributed by atoms with van der Waals surface area (Å²) in [5, 5.41) is 0.693. The number of rotatable bonds is 0. The van der Waals surface area contributed by atoms with Gasteiger partial charge in [0.15, 0.2) is 0 Å². The molecule has 9 heavy (non-hydrogen) atoms. The van der Waals surface area contributed by atoms with E-state index in [1.165, 1.54) is 0 Å². The van der Waals surface area contributed by atoms with Crippen molar-refractivity contribution >= 4 is 24.9 Å². The second-order valence-electron chi connectivity index (χ2n) is 2.00. The molecule has 0 nitrogen and oxygen atoms in total. The van der Waals surface area contributed by atoms with Crippen LogP contribution in [0.25, 0.3) is 0 Å². The van der Waals surface area contributed by atoms with Gasteiger partial charge in [-0.1, -0.05) is 34.8 Å². The molecular weight excluding hydrogens is 130 g/mol. The maximum Gasteiger partial charge on any atom is 0.114 e. The number of hydrogen-bond donors (Lipinski definition) is 0. The maximum absolute atomic E-state index is 5.64. The van der Waals surface area contributed by atoms with Gasteiger partial charge in [0.05, 0.1) is 0 Å². The maximum atomic E-state index is 5.64. The topological polar surface area (TPSA) is 0 Å². The van der Waals surface area contributed by atoms with Crippen LogP contribution in [-0.4, -0.2) is 7.85 Å². The molecule has 0 heterocycles. The van der Waals surface area contributed by atoms with Crippen LogP contribution in [-0.2, 0) is 0 Å². The van der Waals surface area contributed by atoms with Crippen molar-refractivity contribution in [1.29, 1.82) is 0 Å². The fourth-order valence-electron chi connectivity index (χ4n) is 0.611. The molecule has 0 spiro atoms. The van der Waals surface area contributed by atoms with E-state index in [2.05, 4.69) is 0 Å². The van der Waals surface area contributed by atoms with Crippen molar-refractivity contribution in [3.8, 4) is 0 Å². The molecule has 1 aromatic rings. The quantitative estimate of drug-likeness (QED) is 0.474. The Kier molecular flexibility index (Phi) is 1.82. The lowest BCUT2D eigenvalue weighted by Crippen LogP contribution is -2.05. The van der Waals surface area contributed by atoms with Crippen molar-refractivity contribution in [2.45, 2.75) is 6.92 Å². The number of hydrogen-bond acceptors (Lipinski definition) is 0. The minimum Gasteiger partial charge on any atom is -0.0923 e. The van der Waals surface area contributed by atoms with Crippen molar-refractivity contribution in [1.82, 2.24) is 0 Å². The van der Waals surface area contributed by atoms with E-state index >= 15 is 0 Å². The predicted octanol–water partition coefficient (Wildman–Crippen LogP) is 1.44. The first-order valence-corrected chi connectivity index (χ1v) is 3.09. The van der Waals surface area contributed by atoms with Crippen LogP contribution in [0, 0.1) is 6.92 Å². The molecule has 0 amide bonds. The highest BCUT2D eigenvalue weighted by Crippen LogP contribution is 2.05. The Bertz CT molecular complexity index is 220. The van der Waals surface area contributed by atoms with Gasteiger partial charge >= 0.3 is 0 Å². The third-order valence-corrected chi connectivity index (χ3v) is 1.48. The molecule has 44 valence electrons. The van der Waals surface area contributed by atoms with Gasteiger partial charge in [-0.2, -0.15) is 0 Å². The smallest absolute Gasteiger partial charge is 0.0923 e. The molecular formula is C7H6BCl. The van der Waals surface area contributed by atoms with Crippen LogP contribution >= 0.6 is 11.6 Å². The summed E-state index contributed by atoms with van der Waals surface area (Å²) in [6.07, 6.45) is 0. The lowest BCUT2D eigenvalue weighted by molar-refractivity contribution is 1.52. The summed E-state index contributed by atoms with van der Waals surface area (Å²) in [4.78, 5) is 0. The Morgan fingerprint density at radius 1 is 1.44 bits per heavy atom. The third kappa shape index (κ3) is 1.49. The molecule has 0 N–H and O–H groups in total. The van der Waals surface area contributed by atoms with Crippen molar-refractivity contribution in [2.75, 3.05) is 0 Å². The van der Waals surface area contributed by atoms with Crippen LogP contribution in [0.2, 0.25) is 5.02 Å². The van der Waals surface area contributed by atoms with Gasteiger partial charge in [-0.25, -0.2) is 0 Å². The number of aryl methyl sites for hydroxylation is 1. The van der Waals surface area contributed by atoms with Crippen molar-refractivity contribution in [3.63, 3.8) is 0 Å². The summed E-state index contributed by atoms with van der Waals surface area (Å²) in [6, 6.07) is 5.47. The second-order valence-corrected chi connectivity index (χ2v) is 2.44. The molecule has 0 bridgehead atoms. The Hall–Kier alpha value is -0.425. The summed E-state index contributed by atoms with van der Waals surface area (Å²) in [5.74, 6) is 0. The van der Waals surface area contributed by atoms with E-state index in [0.29, 0.717) is 5.02 Å². The molecule has 2 heteroatoms. The molecule has 0 fully saturated rings. The van der Waals surface area contributed by atoms with Crippen LogP contribution in [0.3, 0.4) is 0 Å². The monoisotopic (exact) mass is 136 g/mol. The van der Waals surface area contributed by atoms with E-state index < -0.39 is 0 Å². The fourth-order valence-corrected chi connectivity index (χ4v) is 0.792. The standard InChI is InChI=1S/C7H6BCl/c1-5-2-3-6(9)4-7(5)8/h2-4H,1H3. The molecule has 0 unspecified atom stereocenters. The fraction of sp³-hybridized carbons (Fsp3) is 0.143. The molecule has 2 radical (unpaired) electrons. The molecule has 0 saturated heterocycles.